The molecule has 1 unspecified atom stereocenters. The first kappa shape index (κ1) is 16.6. The van der Waals surface area contributed by atoms with E-state index in [0.717, 1.165) is 23.3 Å². The van der Waals surface area contributed by atoms with Gasteiger partial charge in [-0.15, -0.1) is 0 Å². The van der Waals surface area contributed by atoms with Crippen LogP contribution in [-0.4, -0.2) is 25.4 Å². The summed E-state index contributed by atoms with van der Waals surface area (Å²) in [7, 11) is 1.42. The zero-order valence-corrected chi connectivity index (χ0v) is 13.9. The van der Waals surface area contributed by atoms with Crippen LogP contribution in [0.25, 0.3) is 0 Å². The van der Waals surface area contributed by atoms with Gasteiger partial charge in [-0.1, -0.05) is 24.3 Å². The molecule has 0 bridgehead atoms. The van der Waals surface area contributed by atoms with E-state index in [9.17, 15) is 22.8 Å². The molecule has 1 atom stereocenters. The maximum absolute atomic E-state index is 13.0. The number of amides is 2. The Morgan fingerprint density at radius 1 is 1.12 bits per heavy atom. The van der Waals surface area contributed by atoms with E-state index in [0.29, 0.717) is 12.1 Å². The van der Waals surface area contributed by atoms with Gasteiger partial charge in [0.15, 0.2) is 0 Å². The third-order valence-corrected chi connectivity index (χ3v) is 5.04. The number of hydrogen-bond donors (Lipinski definition) is 0. The zero-order chi connectivity index (χ0) is 18.6. The molecule has 1 aliphatic carbocycles. The molecular weight excluding hydrogens is 345 g/mol. The molecule has 134 valence electrons. The number of carbonyl (C=O) groups excluding carboxylic acids is 2. The number of anilines is 2. The van der Waals surface area contributed by atoms with Crippen LogP contribution < -0.4 is 9.80 Å². The molecule has 26 heavy (non-hydrogen) atoms. The second-order valence-electron chi connectivity index (χ2n) is 6.53. The summed E-state index contributed by atoms with van der Waals surface area (Å²) in [5.74, 6) is -1.04. The fourth-order valence-electron chi connectivity index (χ4n) is 3.52. The molecule has 0 N–H and O–H groups in total. The Labute approximate surface area is 147 Å². The molecule has 0 saturated heterocycles. The van der Waals surface area contributed by atoms with E-state index in [-0.39, 0.29) is 24.1 Å². The van der Waals surface area contributed by atoms with Crippen molar-refractivity contribution in [3.63, 3.8) is 0 Å². The van der Waals surface area contributed by atoms with Crippen molar-refractivity contribution in [3.8, 4) is 0 Å². The summed E-state index contributed by atoms with van der Waals surface area (Å²) < 4.78 is 39.0. The zero-order valence-electron chi connectivity index (χ0n) is 13.9. The Kier molecular flexibility index (Phi) is 3.57. The molecule has 4 rings (SSSR count). The van der Waals surface area contributed by atoms with Gasteiger partial charge in [-0.3, -0.25) is 9.59 Å². The summed E-state index contributed by atoms with van der Waals surface area (Å²) in [5, 5.41) is 0. The van der Waals surface area contributed by atoms with Crippen molar-refractivity contribution in [3.05, 3.63) is 59.2 Å². The Bertz CT molecular complexity index is 923. The monoisotopic (exact) mass is 360 g/mol. The van der Waals surface area contributed by atoms with Crippen LogP contribution in [0.4, 0.5) is 24.5 Å². The minimum atomic E-state index is -4.52. The number of carbonyl (C=O) groups is 2. The van der Waals surface area contributed by atoms with E-state index in [1.54, 1.807) is 0 Å². The van der Waals surface area contributed by atoms with Gasteiger partial charge in [0.2, 0.25) is 11.8 Å². The molecule has 0 radical (unpaired) electrons. The van der Waals surface area contributed by atoms with Gasteiger partial charge in [0.05, 0.1) is 22.9 Å². The van der Waals surface area contributed by atoms with Crippen LogP contribution in [0.1, 0.15) is 22.6 Å². The molecule has 2 aliphatic rings. The Morgan fingerprint density at radius 3 is 2.54 bits per heavy atom. The summed E-state index contributed by atoms with van der Waals surface area (Å²) in [6.07, 6.45) is -3.94. The van der Waals surface area contributed by atoms with E-state index in [4.69, 9.17) is 0 Å². The lowest BCUT2D eigenvalue weighted by molar-refractivity contribution is -0.137. The van der Waals surface area contributed by atoms with Gasteiger partial charge < -0.3 is 9.80 Å². The highest BCUT2D eigenvalue weighted by Gasteiger charge is 2.40. The lowest BCUT2D eigenvalue weighted by atomic mass is 9.76. The summed E-state index contributed by atoms with van der Waals surface area (Å²) in [5.41, 5.74) is 1.57. The van der Waals surface area contributed by atoms with Crippen molar-refractivity contribution in [2.24, 2.45) is 0 Å². The van der Waals surface area contributed by atoms with E-state index in [1.165, 1.54) is 22.9 Å². The van der Waals surface area contributed by atoms with Crippen molar-refractivity contribution in [2.75, 3.05) is 23.4 Å². The van der Waals surface area contributed by atoms with Gasteiger partial charge in [0.25, 0.3) is 0 Å². The highest BCUT2D eigenvalue weighted by atomic mass is 19.4. The second-order valence-corrected chi connectivity index (χ2v) is 6.53. The summed E-state index contributed by atoms with van der Waals surface area (Å²) in [4.78, 5) is 27.7. The number of hydrogen-bond acceptors (Lipinski definition) is 2. The molecule has 2 amide bonds. The molecule has 1 aliphatic heterocycles. The van der Waals surface area contributed by atoms with Crippen LogP contribution in [0.3, 0.4) is 0 Å². The molecule has 1 heterocycles. The van der Waals surface area contributed by atoms with E-state index < -0.39 is 17.6 Å². The fraction of sp³-hybridized carbons (Fsp3) is 0.263. The lowest BCUT2D eigenvalue weighted by Crippen LogP contribution is -2.49. The molecule has 2 aromatic carbocycles. The number of benzene rings is 2. The minimum Gasteiger partial charge on any atom is -0.312 e. The number of rotatable bonds is 1. The van der Waals surface area contributed by atoms with Crippen molar-refractivity contribution >= 4 is 23.2 Å². The first-order valence-corrected chi connectivity index (χ1v) is 8.14. The van der Waals surface area contributed by atoms with Crippen molar-refractivity contribution in [1.82, 2.24) is 0 Å². The van der Waals surface area contributed by atoms with E-state index >= 15 is 0 Å². The van der Waals surface area contributed by atoms with E-state index in [1.807, 2.05) is 24.3 Å². The highest BCUT2D eigenvalue weighted by Crippen LogP contribution is 2.42. The number of fused-ring (bicyclic) bond motifs is 2. The minimum absolute atomic E-state index is 0.0945. The summed E-state index contributed by atoms with van der Waals surface area (Å²) in [6.45, 7) is -0.174. The third kappa shape index (κ3) is 2.46. The van der Waals surface area contributed by atoms with Gasteiger partial charge in [0, 0.05) is 7.05 Å². The number of alkyl halides is 3. The molecule has 0 spiro atoms. The van der Waals surface area contributed by atoms with Crippen LogP contribution in [0.2, 0.25) is 0 Å². The Morgan fingerprint density at radius 2 is 1.85 bits per heavy atom. The number of nitrogens with zero attached hydrogens (tertiary/aromatic N) is 2. The summed E-state index contributed by atoms with van der Waals surface area (Å²) in [6, 6.07) is 10.7. The molecule has 7 heteroatoms. The molecule has 0 aromatic heterocycles. The topological polar surface area (TPSA) is 40.6 Å². The largest absolute Gasteiger partial charge is 0.416 e. The van der Waals surface area contributed by atoms with Crippen LogP contribution >= 0.6 is 0 Å². The van der Waals surface area contributed by atoms with Gasteiger partial charge >= 0.3 is 6.18 Å². The first-order valence-electron chi connectivity index (χ1n) is 8.14. The van der Waals surface area contributed by atoms with Crippen molar-refractivity contribution in [2.45, 2.75) is 18.5 Å². The van der Waals surface area contributed by atoms with Gasteiger partial charge in [0.1, 0.15) is 6.54 Å². The normalized spacial score (nSPS) is 18.9. The molecular formula is C19H15F3N2O2. The van der Waals surface area contributed by atoms with Crippen LogP contribution in [0, 0.1) is 0 Å². The van der Waals surface area contributed by atoms with Gasteiger partial charge in [-0.05, 0) is 35.7 Å². The summed E-state index contributed by atoms with van der Waals surface area (Å²) >= 11 is 0. The lowest BCUT2D eigenvalue weighted by Gasteiger charge is -2.38. The van der Waals surface area contributed by atoms with E-state index in [2.05, 4.69) is 0 Å². The Balaban J connectivity index is 1.72. The molecule has 0 fully saturated rings. The first-order chi connectivity index (χ1) is 12.3. The van der Waals surface area contributed by atoms with Crippen molar-refractivity contribution in [1.29, 1.82) is 0 Å². The predicted octanol–water partition coefficient (Wildman–Crippen LogP) is 3.35. The fourth-order valence-corrected chi connectivity index (χ4v) is 3.52. The number of halogens is 3. The van der Waals surface area contributed by atoms with Crippen LogP contribution in [0.5, 0.6) is 0 Å². The van der Waals surface area contributed by atoms with Gasteiger partial charge in [-0.25, -0.2) is 0 Å². The molecule has 2 aromatic rings. The highest BCUT2D eigenvalue weighted by molar-refractivity contribution is 6.12. The SMILES string of the molecule is CN1C(=O)CN(C(=O)C2Cc3ccccc32)c2ccc(C(F)(F)F)cc21. The third-order valence-electron chi connectivity index (χ3n) is 5.04. The molecule has 0 saturated carbocycles. The van der Waals surface area contributed by atoms with Crippen molar-refractivity contribution < 1.29 is 22.8 Å². The quantitative estimate of drug-likeness (QED) is 0.783. The molecule has 4 nitrogen and oxygen atoms in total. The number of likely N-dealkylation sites (N-methyl/N-ethyl adjacent to an activating group) is 1. The standard InChI is InChI=1S/C19H15F3N2O2/c1-23-16-9-12(19(20,21)22)6-7-15(16)24(10-17(23)25)18(26)14-8-11-4-2-3-5-13(11)14/h2-7,9,14H,8,10H2,1H3. The maximum Gasteiger partial charge on any atom is 0.416 e. The predicted molar refractivity (Wildman–Crippen MR) is 90.1 cm³/mol. The maximum atomic E-state index is 13.0. The smallest absolute Gasteiger partial charge is 0.312 e. The van der Waals surface area contributed by atoms with Gasteiger partial charge in [-0.2, -0.15) is 13.2 Å². The van der Waals surface area contributed by atoms with Crippen LogP contribution in [0.15, 0.2) is 42.5 Å². The average molecular weight is 360 g/mol. The second kappa shape index (κ2) is 5.59. The Hall–Kier alpha value is -2.83. The van der Waals surface area contributed by atoms with Crippen LogP contribution in [-0.2, 0) is 22.2 Å². The average Bonchev–Trinajstić information content (AvgIpc) is 2.58.